The third kappa shape index (κ3) is 3.40. The van der Waals surface area contributed by atoms with Gasteiger partial charge in [-0.05, 0) is 34.9 Å². The third-order valence-corrected chi connectivity index (χ3v) is 5.51. The molecule has 0 bridgehead atoms. The van der Waals surface area contributed by atoms with Crippen molar-refractivity contribution < 1.29 is 0 Å². The van der Waals surface area contributed by atoms with E-state index in [1.807, 2.05) is 31.3 Å². The van der Waals surface area contributed by atoms with E-state index in [1.54, 1.807) is 10.7 Å². The van der Waals surface area contributed by atoms with Gasteiger partial charge in [-0.2, -0.15) is 14.8 Å². The van der Waals surface area contributed by atoms with E-state index in [-0.39, 0.29) is 0 Å². The Morgan fingerprint density at radius 3 is 2.55 bits per heavy atom. The van der Waals surface area contributed by atoms with E-state index >= 15 is 0 Å². The summed E-state index contributed by atoms with van der Waals surface area (Å²) in [6.45, 7) is 2.07. The SMILES string of the molecule is CCc1cc(N(C)c2ccc(-c3ccccc3-c3nn[nH]n3)cc2)n2ncc(Cl)c2n1. The fraction of sp³-hybridized carbons (Fsp3) is 0.136. The van der Waals surface area contributed by atoms with Gasteiger partial charge in [-0.1, -0.05) is 54.9 Å². The first-order valence-electron chi connectivity index (χ1n) is 9.86. The molecule has 0 aliphatic carbocycles. The van der Waals surface area contributed by atoms with Crippen molar-refractivity contribution in [1.82, 2.24) is 35.2 Å². The Balaban J connectivity index is 1.53. The van der Waals surface area contributed by atoms with Gasteiger partial charge >= 0.3 is 0 Å². The van der Waals surface area contributed by atoms with Crippen molar-refractivity contribution in [2.45, 2.75) is 13.3 Å². The van der Waals surface area contributed by atoms with Crippen molar-refractivity contribution in [2.75, 3.05) is 11.9 Å². The Morgan fingerprint density at radius 1 is 1.06 bits per heavy atom. The van der Waals surface area contributed by atoms with Crippen LogP contribution in [0.3, 0.4) is 0 Å². The standard InChI is InChI=1S/C22H19ClN8/c1-3-15-12-20(31-22(25-15)19(23)13-24-31)30(2)16-10-8-14(9-11-16)17-6-4-5-7-18(17)21-26-28-29-27-21/h4-13H,3H2,1-2H3,(H,26,27,28,29). The van der Waals surface area contributed by atoms with E-state index in [9.17, 15) is 0 Å². The first-order chi connectivity index (χ1) is 15.2. The number of H-pyrrole nitrogens is 1. The molecule has 3 aromatic heterocycles. The minimum Gasteiger partial charge on any atom is -0.329 e. The van der Waals surface area contributed by atoms with E-state index in [0.29, 0.717) is 16.5 Å². The van der Waals surface area contributed by atoms with Crippen molar-refractivity contribution >= 4 is 28.8 Å². The predicted molar refractivity (Wildman–Crippen MR) is 120 cm³/mol. The molecule has 0 saturated heterocycles. The number of hydrogen-bond donors (Lipinski definition) is 1. The summed E-state index contributed by atoms with van der Waals surface area (Å²) in [7, 11) is 2.01. The van der Waals surface area contributed by atoms with Crippen LogP contribution in [0.2, 0.25) is 5.02 Å². The van der Waals surface area contributed by atoms with Crippen LogP contribution < -0.4 is 4.90 Å². The maximum absolute atomic E-state index is 6.29. The summed E-state index contributed by atoms with van der Waals surface area (Å²) in [5.74, 6) is 1.47. The number of nitrogens with zero attached hydrogens (tertiary/aromatic N) is 7. The average Bonchev–Trinajstić information content (AvgIpc) is 3.49. The monoisotopic (exact) mass is 430 g/mol. The van der Waals surface area contributed by atoms with Gasteiger partial charge in [0.15, 0.2) is 5.65 Å². The van der Waals surface area contributed by atoms with Crippen molar-refractivity contribution in [3.63, 3.8) is 0 Å². The molecule has 0 amide bonds. The normalized spacial score (nSPS) is 11.2. The van der Waals surface area contributed by atoms with Crippen LogP contribution in [0, 0.1) is 0 Å². The van der Waals surface area contributed by atoms with E-state index < -0.39 is 0 Å². The topological polar surface area (TPSA) is 87.9 Å². The zero-order chi connectivity index (χ0) is 21.4. The van der Waals surface area contributed by atoms with E-state index in [1.165, 1.54) is 0 Å². The lowest BCUT2D eigenvalue weighted by atomic mass is 9.99. The van der Waals surface area contributed by atoms with Crippen LogP contribution in [0.4, 0.5) is 11.5 Å². The molecule has 8 nitrogen and oxygen atoms in total. The highest BCUT2D eigenvalue weighted by Crippen LogP contribution is 2.32. The van der Waals surface area contributed by atoms with Crippen LogP contribution in [-0.4, -0.2) is 42.3 Å². The molecule has 0 saturated carbocycles. The summed E-state index contributed by atoms with van der Waals surface area (Å²) in [6.07, 6.45) is 2.43. The first-order valence-corrected chi connectivity index (χ1v) is 10.2. The molecule has 154 valence electrons. The predicted octanol–water partition coefficient (Wildman–Crippen LogP) is 4.56. The number of rotatable bonds is 5. The molecule has 0 fully saturated rings. The van der Waals surface area contributed by atoms with Gasteiger partial charge in [-0.25, -0.2) is 4.98 Å². The largest absolute Gasteiger partial charge is 0.329 e. The second-order valence-corrected chi connectivity index (χ2v) is 7.48. The van der Waals surface area contributed by atoms with Crippen molar-refractivity contribution in [3.8, 4) is 22.5 Å². The summed E-state index contributed by atoms with van der Waals surface area (Å²) in [6, 6.07) is 18.4. The molecule has 0 aliphatic rings. The summed E-state index contributed by atoms with van der Waals surface area (Å²) >= 11 is 6.29. The highest BCUT2D eigenvalue weighted by molar-refractivity contribution is 6.33. The number of tetrazole rings is 1. The average molecular weight is 431 g/mol. The number of anilines is 2. The van der Waals surface area contributed by atoms with E-state index in [4.69, 9.17) is 11.6 Å². The first kappa shape index (κ1) is 19.2. The molecule has 9 heteroatoms. The Kier molecular flexibility index (Phi) is 4.83. The number of hydrogen-bond acceptors (Lipinski definition) is 6. The third-order valence-electron chi connectivity index (χ3n) is 5.25. The van der Waals surface area contributed by atoms with Crippen LogP contribution in [0.5, 0.6) is 0 Å². The molecule has 0 aliphatic heterocycles. The Bertz CT molecular complexity index is 1340. The van der Waals surface area contributed by atoms with Crippen LogP contribution in [-0.2, 0) is 6.42 Å². The lowest BCUT2D eigenvalue weighted by Crippen LogP contribution is -2.15. The number of aromatic nitrogens is 7. The molecule has 5 aromatic rings. The van der Waals surface area contributed by atoms with Crippen molar-refractivity contribution in [3.05, 3.63) is 71.5 Å². The molecular weight excluding hydrogens is 412 g/mol. The van der Waals surface area contributed by atoms with Gasteiger partial charge in [-0.3, -0.25) is 0 Å². The van der Waals surface area contributed by atoms with Crippen molar-refractivity contribution in [1.29, 1.82) is 0 Å². The van der Waals surface area contributed by atoms with E-state index in [2.05, 4.69) is 72.9 Å². The Labute approximate surface area is 183 Å². The van der Waals surface area contributed by atoms with Crippen LogP contribution in [0.15, 0.2) is 60.8 Å². The van der Waals surface area contributed by atoms with Crippen molar-refractivity contribution in [2.24, 2.45) is 0 Å². The second-order valence-electron chi connectivity index (χ2n) is 7.07. The van der Waals surface area contributed by atoms with Gasteiger partial charge in [-0.15, -0.1) is 10.2 Å². The smallest absolute Gasteiger partial charge is 0.205 e. The van der Waals surface area contributed by atoms with Gasteiger partial charge in [0.05, 0.1) is 6.20 Å². The van der Waals surface area contributed by atoms with Crippen LogP contribution in [0.25, 0.3) is 28.2 Å². The number of nitrogens with one attached hydrogen (secondary N) is 1. The Morgan fingerprint density at radius 2 is 1.84 bits per heavy atom. The van der Waals surface area contributed by atoms with Gasteiger partial charge < -0.3 is 4.90 Å². The van der Waals surface area contributed by atoms with Gasteiger partial charge in [0.1, 0.15) is 10.8 Å². The minimum absolute atomic E-state index is 0.540. The lowest BCUT2D eigenvalue weighted by molar-refractivity contribution is 0.881. The zero-order valence-corrected chi connectivity index (χ0v) is 17.7. The molecule has 0 atom stereocenters. The highest BCUT2D eigenvalue weighted by atomic mass is 35.5. The van der Waals surface area contributed by atoms with Crippen LogP contribution in [0.1, 0.15) is 12.6 Å². The van der Waals surface area contributed by atoms with E-state index in [0.717, 1.165) is 40.3 Å². The van der Waals surface area contributed by atoms with Gasteiger partial charge in [0.2, 0.25) is 5.82 Å². The molecule has 0 radical (unpaired) electrons. The summed E-state index contributed by atoms with van der Waals surface area (Å²) in [4.78, 5) is 6.68. The zero-order valence-electron chi connectivity index (χ0n) is 17.0. The second kappa shape index (κ2) is 7.81. The molecule has 31 heavy (non-hydrogen) atoms. The lowest BCUT2D eigenvalue weighted by Gasteiger charge is -2.21. The summed E-state index contributed by atoms with van der Waals surface area (Å²) in [5.41, 5.74) is 5.66. The fourth-order valence-corrected chi connectivity index (χ4v) is 3.76. The maximum atomic E-state index is 6.29. The van der Waals surface area contributed by atoms with Gasteiger partial charge in [0, 0.05) is 30.1 Å². The number of fused-ring (bicyclic) bond motifs is 1. The highest BCUT2D eigenvalue weighted by Gasteiger charge is 2.15. The number of halogens is 1. The number of aromatic amines is 1. The summed E-state index contributed by atoms with van der Waals surface area (Å²) in [5, 5.41) is 19.4. The quantitative estimate of drug-likeness (QED) is 0.439. The number of aryl methyl sites for hydroxylation is 1. The van der Waals surface area contributed by atoms with Crippen LogP contribution >= 0.6 is 11.6 Å². The minimum atomic E-state index is 0.540. The number of benzene rings is 2. The molecular formula is C22H19ClN8. The molecule has 0 unspecified atom stereocenters. The molecule has 1 N–H and O–H groups in total. The summed E-state index contributed by atoms with van der Waals surface area (Å²) < 4.78 is 1.76. The maximum Gasteiger partial charge on any atom is 0.205 e. The molecule has 3 heterocycles. The fourth-order valence-electron chi connectivity index (χ4n) is 3.59. The molecule has 2 aromatic carbocycles. The van der Waals surface area contributed by atoms with Gasteiger partial charge in [0.25, 0.3) is 0 Å². The molecule has 5 rings (SSSR count). The molecule has 0 spiro atoms. The Hall–Kier alpha value is -3.78.